The average Bonchev–Trinajstić information content (AvgIpc) is 3.01. The van der Waals surface area contributed by atoms with E-state index in [1.54, 1.807) is 6.20 Å². The van der Waals surface area contributed by atoms with E-state index in [1.165, 1.54) is 11.1 Å². The molecule has 24 heavy (non-hydrogen) atoms. The van der Waals surface area contributed by atoms with E-state index in [9.17, 15) is 5.11 Å². The lowest BCUT2D eigenvalue weighted by Gasteiger charge is -2.30. The van der Waals surface area contributed by atoms with Gasteiger partial charge in [-0.25, -0.2) is 0 Å². The summed E-state index contributed by atoms with van der Waals surface area (Å²) in [5.74, 6) is 0. The molecule has 3 aromatic rings. The van der Waals surface area contributed by atoms with E-state index < -0.39 is 0 Å². The summed E-state index contributed by atoms with van der Waals surface area (Å²) in [6.45, 7) is 0.725. The second-order valence-corrected chi connectivity index (χ2v) is 6.76. The maximum absolute atomic E-state index is 10.1. The molecule has 1 atom stereocenters. The first-order valence-electron chi connectivity index (χ1n) is 8.20. The molecule has 1 aromatic heterocycles. The lowest BCUT2D eigenvalue weighted by molar-refractivity contribution is 0.159. The highest BCUT2D eigenvalue weighted by molar-refractivity contribution is 6.35. The van der Waals surface area contributed by atoms with E-state index >= 15 is 0 Å². The highest BCUT2D eigenvalue weighted by atomic mass is 35.5. The molecule has 2 aromatic carbocycles. The number of benzene rings is 2. The van der Waals surface area contributed by atoms with Crippen molar-refractivity contribution in [3.8, 4) is 0 Å². The smallest absolute Gasteiger partial charge is 0.0761 e. The first-order chi connectivity index (χ1) is 11.7. The molecule has 1 heterocycles. The zero-order valence-electron chi connectivity index (χ0n) is 13.3. The zero-order valence-corrected chi connectivity index (χ0v) is 14.1. The minimum Gasteiger partial charge on any atom is -0.394 e. The molecule has 122 valence electrons. The maximum Gasteiger partial charge on any atom is 0.0761 e. The fraction of sp³-hybridized carbons (Fsp3) is 0.250. The molecule has 1 aliphatic rings. The summed E-state index contributed by atoms with van der Waals surface area (Å²) < 4.78 is 0. The van der Waals surface area contributed by atoms with Crippen molar-refractivity contribution < 1.29 is 5.11 Å². The molecule has 4 rings (SSSR count). The Hall–Kier alpha value is -1.94. The van der Waals surface area contributed by atoms with Crippen LogP contribution in [-0.4, -0.2) is 16.7 Å². The van der Waals surface area contributed by atoms with Gasteiger partial charge in [-0.1, -0.05) is 41.9 Å². The van der Waals surface area contributed by atoms with Gasteiger partial charge in [0.15, 0.2) is 0 Å². The van der Waals surface area contributed by atoms with Crippen molar-refractivity contribution in [1.82, 2.24) is 10.3 Å². The first kappa shape index (κ1) is 15.6. The third kappa shape index (κ3) is 2.49. The average molecular weight is 339 g/mol. The Labute approximate surface area is 146 Å². The van der Waals surface area contributed by atoms with E-state index in [-0.39, 0.29) is 12.1 Å². The topological polar surface area (TPSA) is 45.1 Å². The van der Waals surface area contributed by atoms with Crippen LogP contribution in [-0.2, 0) is 18.5 Å². The Morgan fingerprint density at radius 3 is 2.88 bits per heavy atom. The number of nitrogens with one attached hydrogen (secondary N) is 1. The molecular weight excluding hydrogens is 320 g/mol. The Morgan fingerprint density at radius 2 is 2.00 bits per heavy atom. The lowest BCUT2D eigenvalue weighted by atomic mass is 9.92. The molecule has 0 amide bonds. The van der Waals surface area contributed by atoms with Gasteiger partial charge in [-0.2, -0.15) is 0 Å². The summed E-state index contributed by atoms with van der Waals surface area (Å²) in [5.41, 5.74) is 4.15. The van der Waals surface area contributed by atoms with Gasteiger partial charge in [0.2, 0.25) is 0 Å². The van der Waals surface area contributed by atoms with Crippen LogP contribution in [0.1, 0.15) is 23.1 Å². The molecule has 0 bridgehead atoms. The molecular formula is C20H19ClN2O. The van der Waals surface area contributed by atoms with Gasteiger partial charge in [0, 0.05) is 23.2 Å². The minimum atomic E-state index is -0.378. The second-order valence-electron chi connectivity index (χ2n) is 6.36. The highest BCUT2D eigenvalue weighted by Gasteiger charge is 2.37. The molecule has 1 unspecified atom stereocenters. The minimum absolute atomic E-state index is 0.0863. The lowest BCUT2D eigenvalue weighted by Crippen LogP contribution is -2.43. The number of rotatable bonds is 4. The van der Waals surface area contributed by atoms with Gasteiger partial charge in [0.05, 0.1) is 17.7 Å². The van der Waals surface area contributed by atoms with Crippen molar-refractivity contribution in [1.29, 1.82) is 0 Å². The van der Waals surface area contributed by atoms with Crippen LogP contribution >= 0.6 is 11.6 Å². The van der Waals surface area contributed by atoms with Crippen LogP contribution in [0.25, 0.3) is 10.9 Å². The van der Waals surface area contributed by atoms with Crippen LogP contribution < -0.4 is 5.32 Å². The molecule has 0 fully saturated rings. The van der Waals surface area contributed by atoms with Gasteiger partial charge in [0.25, 0.3) is 0 Å². The SMILES string of the molecule is OCC1(NCc2ccc(Cl)c3cccnc23)CCc2ccccc21. The number of hydrogen-bond donors (Lipinski definition) is 2. The molecule has 0 aliphatic heterocycles. The summed E-state index contributed by atoms with van der Waals surface area (Å²) in [6, 6.07) is 16.2. The molecule has 2 N–H and O–H groups in total. The molecule has 3 nitrogen and oxygen atoms in total. The van der Waals surface area contributed by atoms with E-state index in [1.807, 2.05) is 30.3 Å². The molecule has 0 saturated heterocycles. The molecule has 0 radical (unpaired) electrons. The van der Waals surface area contributed by atoms with Gasteiger partial charge < -0.3 is 10.4 Å². The van der Waals surface area contributed by atoms with Crippen LogP contribution in [0.5, 0.6) is 0 Å². The summed E-state index contributed by atoms with van der Waals surface area (Å²) in [4.78, 5) is 4.49. The summed E-state index contributed by atoms with van der Waals surface area (Å²) in [6.07, 6.45) is 3.68. The number of aliphatic hydroxyl groups excluding tert-OH is 1. The quantitative estimate of drug-likeness (QED) is 0.760. The van der Waals surface area contributed by atoms with Crippen LogP contribution in [0.4, 0.5) is 0 Å². The first-order valence-corrected chi connectivity index (χ1v) is 8.58. The van der Waals surface area contributed by atoms with E-state index in [0.717, 1.165) is 29.3 Å². The number of nitrogens with zero attached hydrogens (tertiary/aromatic N) is 1. The zero-order chi connectivity index (χ0) is 16.6. The van der Waals surface area contributed by atoms with Crippen molar-refractivity contribution in [2.24, 2.45) is 0 Å². The summed E-state index contributed by atoms with van der Waals surface area (Å²) in [7, 11) is 0. The van der Waals surface area contributed by atoms with Crippen LogP contribution in [0.2, 0.25) is 5.02 Å². The van der Waals surface area contributed by atoms with Crippen molar-refractivity contribution in [2.75, 3.05) is 6.61 Å². The van der Waals surface area contributed by atoms with E-state index in [0.29, 0.717) is 11.6 Å². The molecule has 0 saturated carbocycles. The van der Waals surface area contributed by atoms with Gasteiger partial charge in [-0.05, 0) is 47.7 Å². The standard InChI is InChI=1S/C20H19ClN2O/c21-18-8-7-15(19-16(18)5-3-11-22-19)12-23-20(13-24)10-9-14-4-1-2-6-17(14)20/h1-8,11,23-24H,9-10,12-13H2. The second kappa shape index (κ2) is 6.17. The fourth-order valence-electron chi connectivity index (χ4n) is 3.70. The van der Waals surface area contributed by atoms with Crippen LogP contribution in [0.3, 0.4) is 0 Å². The third-order valence-corrected chi connectivity index (χ3v) is 5.37. The molecule has 4 heteroatoms. The fourth-order valence-corrected chi connectivity index (χ4v) is 3.91. The largest absolute Gasteiger partial charge is 0.394 e. The summed E-state index contributed by atoms with van der Waals surface area (Å²) in [5, 5.41) is 15.4. The van der Waals surface area contributed by atoms with Gasteiger partial charge in [-0.15, -0.1) is 0 Å². The van der Waals surface area contributed by atoms with Gasteiger partial charge in [-0.3, -0.25) is 4.98 Å². The van der Waals surface area contributed by atoms with E-state index in [2.05, 4.69) is 28.5 Å². The summed E-state index contributed by atoms with van der Waals surface area (Å²) >= 11 is 6.28. The normalized spacial score (nSPS) is 19.6. The van der Waals surface area contributed by atoms with Crippen LogP contribution in [0.15, 0.2) is 54.7 Å². The third-order valence-electron chi connectivity index (χ3n) is 5.04. The predicted octanol–water partition coefficient (Wildman–Crippen LogP) is 3.81. The monoisotopic (exact) mass is 338 g/mol. The Bertz CT molecular complexity index is 896. The van der Waals surface area contributed by atoms with Crippen molar-refractivity contribution in [2.45, 2.75) is 24.9 Å². The number of halogens is 1. The molecule has 1 aliphatic carbocycles. The van der Waals surface area contributed by atoms with E-state index in [4.69, 9.17) is 11.6 Å². The number of fused-ring (bicyclic) bond motifs is 2. The maximum atomic E-state index is 10.1. The molecule has 0 spiro atoms. The number of hydrogen-bond acceptors (Lipinski definition) is 3. The number of aryl methyl sites for hydroxylation is 1. The van der Waals surface area contributed by atoms with Crippen molar-refractivity contribution >= 4 is 22.5 Å². The Morgan fingerprint density at radius 1 is 1.12 bits per heavy atom. The Kier molecular flexibility index (Phi) is 4.01. The predicted molar refractivity (Wildman–Crippen MR) is 97.1 cm³/mol. The van der Waals surface area contributed by atoms with Crippen LogP contribution in [0, 0.1) is 0 Å². The van der Waals surface area contributed by atoms with Gasteiger partial charge in [0.1, 0.15) is 0 Å². The van der Waals surface area contributed by atoms with Crippen molar-refractivity contribution in [3.63, 3.8) is 0 Å². The van der Waals surface area contributed by atoms with Crippen molar-refractivity contribution in [3.05, 3.63) is 76.4 Å². The number of pyridine rings is 1. The number of aliphatic hydroxyl groups is 1. The highest BCUT2D eigenvalue weighted by Crippen LogP contribution is 2.37. The Balaban J connectivity index is 1.67. The number of aromatic nitrogens is 1. The van der Waals surface area contributed by atoms with Gasteiger partial charge >= 0.3 is 0 Å².